The van der Waals surface area contributed by atoms with Gasteiger partial charge in [0.2, 0.25) is 0 Å². The van der Waals surface area contributed by atoms with Gasteiger partial charge in [0.1, 0.15) is 5.82 Å². The van der Waals surface area contributed by atoms with Gasteiger partial charge in [-0.1, -0.05) is 12.1 Å². The third-order valence-electron chi connectivity index (χ3n) is 2.64. The van der Waals surface area contributed by atoms with E-state index in [1.54, 1.807) is 30.6 Å². The van der Waals surface area contributed by atoms with Crippen LogP contribution in [-0.2, 0) is 13.0 Å². The maximum Gasteiger partial charge on any atom is 0.269 e. The molecule has 1 aromatic carbocycles. The average molecular weight is 258 g/mol. The highest BCUT2D eigenvalue weighted by Crippen LogP contribution is 2.11. The Morgan fingerprint density at radius 1 is 1.16 bits per heavy atom. The second-order valence-electron chi connectivity index (χ2n) is 4.02. The first-order chi connectivity index (χ1) is 9.25. The van der Waals surface area contributed by atoms with Crippen molar-refractivity contribution in [2.24, 2.45) is 0 Å². The molecule has 0 amide bonds. The number of rotatable bonds is 6. The molecule has 0 fully saturated rings. The predicted molar refractivity (Wildman–Crippen MR) is 70.5 cm³/mol. The molecule has 1 N–H and O–H groups in total. The van der Waals surface area contributed by atoms with Gasteiger partial charge in [-0.3, -0.25) is 10.1 Å². The fourth-order valence-electron chi connectivity index (χ4n) is 1.64. The lowest BCUT2D eigenvalue weighted by molar-refractivity contribution is -0.384. The summed E-state index contributed by atoms with van der Waals surface area (Å²) in [7, 11) is 0. The topological polar surface area (TPSA) is 81.0 Å². The molecule has 0 aliphatic carbocycles. The van der Waals surface area contributed by atoms with Gasteiger partial charge >= 0.3 is 0 Å². The molecule has 0 aliphatic heterocycles. The van der Waals surface area contributed by atoms with E-state index in [2.05, 4.69) is 15.3 Å². The van der Waals surface area contributed by atoms with E-state index in [9.17, 15) is 10.1 Å². The Labute approximate surface area is 110 Å². The summed E-state index contributed by atoms with van der Waals surface area (Å²) in [6.45, 7) is 1.39. The Bertz CT molecular complexity index is 528. The highest BCUT2D eigenvalue weighted by molar-refractivity contribution is 5.32. The molecule has 19 heavy (non-hydrogen) atoms. The molecule has 1 heterocycles. The second-order valence-corrected chi connectivity index (χ2v) is 4.02. The van der Waals surface area contributed by atoms with E-state index in [4.69, 9.17) is 0 Å². The largest absolute Gasteiger partial charge is 0.310 e. The Kier molecular flexibility index (Phi) is 4.52. The average Bonchev–Trinajstić information content (AvgIpc) is 2.45. The number of nitro benzene ring substituents is 1. The van der Waals surface area contributed by atoms with Crippen LogP contribution in [0.3, 0.4) is 0 Å². The van der Waals surface area contributed by atoms with E-state index in [1.165, 1.54) is 12.1 Å². The van der Waals surface area contributed by atoms with E-state index < -0.39 is 4.92 Å². The first-order valence-electron chi connectivity index (χ1n) is 5.95. The van der Waals surface area contributed by atoms with Crippen LogP contribution >= 0.6 is 0 Å². The Morgan fingerprint density at radius 3 is 2.47 bits per heavy atom. The van der Waals surface area contributed by atoms with Crippen LogP contribution in [0.4, 0.5) is 5.69 Å². The molecule has 0 radical (unpaired) electrons. The van der Waals surface area contributed by atoms with Crippen molar-refractivity contribution < 1.29 is 4.92 Å². The molecule has 0 unspecified atom stereocenters. The Hall–Kier alpha value is -2.34. The quantitative estimate of drug-likeness (QED) is 0.484. The van der Waals surface area contributed by atoms with Gasteiger partial charge < -0.3 is 5.32 Å². The molecular weight excluding hydrogens is 244 g/mol. The third-order valence-corrected chi connectivity index (χ3v) is 2.64. The number of nitrogens with zero attached hydrogens (tertiary/aromatic N) is 3. The van der Waals surface area contributed by atoms with Crippen molar-refractivity contribution in [3.8, 4) is 0 Å². The lowest BCUT2D eigenvalue weighted by Crippen LogP contribution is -2.18. The van der Waals surface area contributed by atoms with Gasteiger partial charge in [0.05, 0.1) is 11.5 Å². The number of nitrogens with one attached hydrogen (secondary N) is 1. The monoisotopic (exact) mass is 258 g/mol. The van der Waals surface area contributed by atoms with E-state index in [0.717, 1.165) is 24.4 Å². The van der Waals surface area contributed by atoms with Crippen molar-refractivity contribution in [1.29, 1.82) is 0 Å². The maximum absolute atomic E-state index is 10.5. The van der Waals surface area contributed by atoms with E-state index >= 15 is 0 Å². The van der Waals surface area contributed by atoms with E-state index in [1.807, 2.05) is 0 Å². The van der Waals surface area contributed by atoms with Crippen molar-refractivity contribution in [3.63, 3.8) is 0 Å². The molecule has 0 saturated heterocycles. The van der Waals surface area contributed by atoms with Crippen LogP contribution in [0.1, 0.15) is 11.4 Å². The summed E-state index contributed by atoms with van der Waals surface area (Å²) in [5, 5.41) is 13.7. The lowest BCUT2D eigenvalue weighted by atomic mass is 10.1. The standard InChI is InChI=1S/C13H14N4O2/c18-17(19)12-4-2-11(3-5-12)6-9-14-10-13-15-7-1-8-16-13/h1-5,7-8,14H,6,9-10H2. The summed E-state index contributed by atoms with van der Waals surface area (Å²) < 4.78 is 0. The summed E-state index contributed by atoms with van der Waals surface area (Å²) in [6.07, 6.45) is 4.23. The molecule has 2 aromatic rings. The van der Waals surface area contributed by atoms with Gasteiger partial charge in [-0.2, -0.15) is 0 Å². The minimum absolute atomic E-state index is 0.120. The number of hydrogen-bond donors (Lipinski definition) is 1. The zero-order chi connectivity index (χ0) is 13.5. The van der Waals surface area contributed by atoms with Crippen molar-refractivity contribution in [2.75, 3.05) is 6.54 Å². The van der Waals surface area contributed by atoms with Gasteiger partial charge in [0, 0.05) is 24.5 Å². The van der Waals surface area contributed by atoms with E-state index in [0.29, 0.717) is 6.54 Å². The SMILES string of the molecule is O=[N+]([O-])c1ccc(CCNCc2ncccn2)cc1. The second kappa shape index (κ2) is 6.55. The molecule has 0 atom stereocenters. The molecule has 98 valence electrons. The van der Waals surface area contributed by atoms with Crippen LogP contribution < -0.4 is 5.32 Å². The Morgan fingerprint density at radius 2 is 1.84 bits per heavy atom. The summed E-state index contributed by atoms with van der Waals surface area (Å²) in [6, 6.07) is 8.38. The molecular formula is C13H14N4O2. The van der Waals surface area contributed by atoms with Gasteiger partial charge in [-0.25, -0.2) is 9.97 Å². The molecule has 0 saturated carbocycles. The number of hydrogen-bond acceptors (Lipinski definition) is 5. The zero-order valence-corrected chi connectivity index (χ0v) is 10.3. The van der Waals surface area contributed by atoms with Crippen molar-refractivity contribution >= 4 is 5.69 Å². The molecule has 0 spiro atoms. The summed E-state index contributed by atoms with van der Waals surface area (Å²) in [5.74, 6) is 0.756. The van der Waals surface area contributed by atoms with Crippen molar-refractivity contribution in [2.45, 2.75) is 13.0 Å². The number of nitro groups is 1. The van der Waals surface area contributed by atoms with Crippen LogP contribution in [-0.4, -0.2) is 21.4 Å². The molecule has 6 nitrogen and oxygen atoms in total. The normalized spacial score (nSPS) is 10.3. The first kappa shape index (κ1) is 13.1. The minimum Gasteiger partial charge on any atom is -0.310 e. The maximum atomic E-state index is 10.5. The van der Waals surface area contributed by atoms with Crippen LogP contribution in [0.25, 0.3) is 0 Å². The lowest BCUT2D eigenvalue weighted by Gasteiger charge is -2.03. The van der Waals surface area contributed by atoms with Crippen LogP contribution in [0, 0.1) is 10.1 Å². The highest BCUT2D eigenvalue weighted by atomic mass is 16.6. The molecule has 1 aromatic heterocycles. The van der Waals surface area contributed by atoms with Gasteiger partial charge in [0.25, 0.3) is 5.69 Å². The van der Waals surface area contributed by atoms with Gasteiger partial charge in [0.15, 0.2) is 0 Å². The molecule has 2 rings (SSSR count). The molecule has 0 aliphatic rings. The van der Waals surface area contributed by atoms with Crippen molar-refractivity contribution in [1.82, 2.24) is 15.3 Å². The Balaban J connectivity index is 1.75. The smallest absolute Gasteiger partial charge is 0.269 e. The summed E-state index contributed by atoms with van der Waals surface area (Å²) in [5.41, 5.74) is 1.18. The zero-order valence-electron chi connectivity index (χ0n) is 10.3. The number of non-ortho nitro benzene ring substituents is 1. The van der Waals surface area contributed by atoms with Gasteiger partial charge in [-0.15, -0.1) is 0 Å². The number of benzene rings is 1. The fraction of sp³-hybridized carbons (Fsp3) is 0.231. The summed E-state index contributed by atoms with van der Waals surface area (Å²) >= 11 is 0. The van der Waals surface area contributed by atoms with Gasteiger partial charge in [-0.05, 0) is 24.6 Å². The van der Waals surface area contributed by atoms with Crippen LogP contribution in [0.2, 0.25) is 0 Å². The van der Waals surface area contributed by atoms with Crippen molar-refractivity contribution in [3.05, 3.63) is 64.2 Å². The van der Waals surface area contributed by atoms with Crippen LogP contribution in [0.15, 0.2) is 42.7 Å². The van der Waals surface area contributed by atoms with E-state index in [-0.39, 0.29) is 5.69 Å². The predicted octanol–water partition coefficient (Wildman–Crippen LogP) is 1.72. The third kappa shape index (κ3) is 4.11. The molecule has 0 bridgehead atoms. The minimum atomic E-state index is -0.394. The fourth-order valence-corrected chi connectivity index (χ4v) is 1.64. The van der Waals surface area contributed by atoms with Crippen LogP contribution in [0.5, 0.6) is 0 Å². The summed E-state index contributed by atoms with van der Waals surface area (Å²) in [4.78, 5) is 18.3. The first-order valence-corrected chi connectivity index (χ1v) is 5.95. The molecule has 6 heteroatoms. The number of aromatic nitrogens is 2. The highest BCUT2D eigenvalue weighted by Gasteiger charge is 2.03.